The Morgan fingerprint density at radius 2 is 0.968 bits per heavy atom. The molecule has 0 unspecified atom stereocenters. The topological polar surface area (TPSA) is 18.5 Å². The molecule has 0 aliphatic heterocycles. The van der Waals surface area contributed by atoms with E-state index in [1.54, 1.807) is 11.8 Å². The van der Waals surface area contributed by atoms with Crippen molar-refractivity contribution in [1.82, 2.24) is 0 Å². The van der Waals surface area contributed by atoms with Gasteiger partial charge in [0.25, 0.3) is 0 Å². The first-order chi connectivity index (χ1) is 15.2. The maximum absolute atomic E-state index is 6.00. The van der Waals surface area contributed by atoms with Crippen molar-refractivity contribution in [1.29, 1.82) is 0 Å². The van der Waals surface area contributed by atoms with Crippen LogP contribution >= 0.6 is 11.8 Å². The molecule has 0 aliphatic carbocycles. The molecule has 0 saturated carbocycles. The van der Waals surface area contributed by atoms with E-state index in [4.69, 9.17) is 9.47 Å². The second-order valence-corrected chi connectivity index (χ2v) is 8.65. The molecule has 4 rings (SSSR count). The van der Waals surface area contributed by atoms with E-state index in [0.29, 0.717) is 13.2 Å². The Hall–Kier alpha value is -3.17. The normalized spacial score (nSPS) is 10.6. The van der Waals surface area contributed by atoms with Gasteiger partial charge in [-0.25, -0.2) is 0 Å². The number of hydrogen-bond donors (Lipinski definition) is 0. The van der Waals surface area contributed by atoms with E-state index >= 15 is 0 Å². The summed E-state index contributed by atoms with van der Waals surface area (Å²) >= 11 is 1.75. The smallest absolute Gasteiger partial charge is 0.122 e. The van der Waals surface area contributed by atoms with Crippen LogP contribution in [0.5, 0.6) is 11.5 Å². The molecule has 4 aromatic carbocycles. The minimum Gasteiger partial charge on any atom is -0.489 e. The molecule has 156 valence electrons. The monoisotopic (exact) mass is 426 g/mol. The first kappa shape index (κ1) is 21.1. The SMILES string of the molecule is Cc1cc(Sc2ccc(OCc3ccccc3)c(C)c2)ccc1OCc1ccccc1. The highest BCUT2D eigenvalue weighted by atomic mass is 32.2. The number of ether oxygens (including phenoxy) is 2. The van der Waals surface area contributed by atoms with Crippen molar-refractivity contribution >= 4 is 11.8 Å². The van der Waals surface area contributed by atoms with Crippen molar-refractivity contribution in [3.8, 4) is 11.5 Å². The van der Waals surface area contributed by atoms with E-state index in [2.05, 4.69) is 74.5 Å². The van der Waals surface area contributed by atoms with Gasteiger partial charge in [-0.3, -0.25) is 0 Å². The molecule has 0 heterocycles. The molecular formula is C28H26O2S. The third kappa shape index (κ3) is 5.93. The van der Waals surface area contributed by atoms with Crippen LogP contribution in [0.4, 0.5) is 0 Å². The second kappa shape index (κ2) is 10.2. The molecule has 0 aromatic heterocycles. The van der Waals surface area contributed by atoms with Crippen molar-refractivity contribution in [3.05, 3.63) is 119 Å². The highest BCUT2D eigenvalue weighted by Crippen LogP contribution is 2.34. The summed E-state index contributed by atoms with van der Waals surface area (Å²) < 4.78 is 12.0. The molecule has 0 bridgehead atoms. The number of benzene rings is 4. The van der Waals surface area contributed by atoms with Crippen molar-refractivity contribution < 1.29 is 9.47 Å². The molecule has 0 radical (unpaired) electrons. The first-order valence-electron chi connectivity index (χ1n) is 10.4. The highest BCUT2D eigenvalue weighted by Gasteiger charge is 2.07. The third-order valence-electron chi connectivity index (χ3n) is 5.00. The quantitative estimate of drug-likeness (QED) is 0.289. The Balaban J connectivity index is 1.37. The zero-order valence-electron chi connectivity index (χ0n) is 17.9. The Kier molecular flexibility index (Phi) is 6.96. The zero-order chi connectivity index (χ0) is 21.5. The van der Waals surface area contributed by atoms with Crippen LogP contribution in [0.3, 0.4) is 0 Å². The lowest BCUT2D eigenvalue weighted by Gasteiger charge is -2.12. The predicted molar refractivity (Wildman–Crippen MR) is 128 cm³/mol. The summed E-state index contributed by atoms with van der Waals surface area (Å²) in [5.41, 5.74) is 4.62. The van der Waals surface area contributed by atoms with Crippen molar-refractivity contribution in [3.63, 3.8) is 0 Å². The molecule has 0 amide bonds. The van der Waals surface area contributed by atoms with Gasteiger partial charge < -0.3 is 9.47 Å². The number of rotatable bonds is 8. The summed E-state index contributed by atoms with van der Waals surface area (Å²) in [5, 5.41) is 0. The average Bonchev–Trinajstić information content (AvgIpc) is 2.79. The van der Waals surface area contributed by atoms with Gasteiger partial charge in [-0.2, -0.15) is 0 Å². The summed E-state index contributed by atoms with van der Waals surface area (Å²) in [6.07, 6.45) is 0. The van der Waals surface area contributed by atoms with Crippen LogP contribution in [0, 0.1) is 13.8 Å². The van der Waals surface area contributed by atoms with Gasteiger partial charge in [0.1, 0.15) is 24.7 Å². The molecule has 0 fully saturated rings. The summed E-state index contributed by atoms with van der Waals surface area (Å²) in [6, 6.07) is 33.2. The fraction of sp³-hybridized carbons (Fsp3) is 0.143. The number of hydrogen-bond acceptors (Lipinski definition) is 3. The lowest BCUT2D eigenvalue weighted by atomic mass is 10.2. The van der Waals surface area contributed by atoms with E-state index in [0.717, 1.165) is 22.6 Å². The molecule has 4 aromatic rings. The lowest BCUT2D eigenvalue weighted by Crippen LogP contribution is -1.97. The van der Waals surface area contributed by atoms with Crippen LogP contribution < -0.4 is 9.47 Å². The predicted octanol–water partition coefficient (Wildman–Crippen LogP) is 7.61. The van der Waals surface area contributed by atoms with E-state index in [-0.39, 0.29) is 0 Å². The Morgan fingerprint density at radius 1 is 0.548 bits per heavy atom. The third-order valence-corrected chi connectivity index (χ3v) is 5.98. The Bertz CT molecular complexity index is 1030. The second-order valence-electron chi connectivity index (χ2n) is 7.51. The molecule has 31 heavy (non-hydrogen) atoms. The van der Waals surface area contributed by atoms with E-state index in [1.165, 1.54) is 20.9 Å². The van der Waals surface area contributed by atoms with Crippen LogP contribution in [0.1, 0.15) is 22.3 Å². The number of aryl methyl sites for hydroxylation is 2. The van der Waals surface area contributed by atoms with Crippen LogP contribution in [0.15, 0.2) is 107 Å². The van der Waals surface area contributed by atoms with E-state index in [1.807, 2.05) is 36.4 Å². The van der Waals surface area contributed by atoms with Crippen LogP contribution in [-0.4, -0.2) is 0 Å². The average molecular weight is 427 g/mol. The first-order valence-corrected chi connectivity index (χ1v) is 11.2. The molecule has 3 heteroatoms. The zero-order valence-corrected chi connectivity index (χ0v) is 18.7. The Labute approximate surface area is 188 Å². The molecule has 0 N–H and O–H groups in total. The van der Waals surface area contributed by atoms with Gasteiger partial charge in [0.15, 0.2) is 0 Å². The minimum atomic E-state index is 0.581. The van der Waals surface area contributed by atoms with Crippen LogP contribution in [0.2, 0.25) is 0 Å². The fourth-order valence-corrected chi connectivity index (χ4v) is 4.32. The van der Waals surface area contributed by atoms with Gasteiger partial charge in [0.2, 0.25) is 0 Å². The summed E-state index contributed by atoms with van der Waals surface area (Å²) in [4.78, 5) is 2.39. The van der Waals surface area contributed by atoms with Gasteiger partial charge >= 0.3 is 0 Å². The molecular weight excluding hydrogens is 400 g/mol. The molecule has 2 nitrogen and oxygen atoms in total. The van der Waals surface area contributed by atoms with Crippen molar-refractivity contribution in [2.75, 3.05) is 0 Å². The van der Waals surface area contributed by atoms with Gasteiger partial charge in [0.05, 0.1) is 0 Å². The van der Waals surface area contributed by atoms with Gasteiger partial charge in [-0.15, -0.1) is 0 Å². The largest absolute Gasteiger partial charge is 0.489 e. The van der Waals surface area contributed by atoms with E-state index < -0.39 is 0 Å². The Morgan fingerprint density at radius 3 is 1.35 bits per heavy atom. The molecule has 0 spiro atoms. The summed E-state index contributed by atoms with van der Waals surface area (Å²) in [5.74, 6) is 1.85. The van der Waals surface area contributed by atoms with E-state index in [9.17, 15) is 0 Å². The lowest BCUT2D eigenvalue weighted by molar-refractivity contribution is 0.304. The highest BCUT2D eigenvalue weighted by molar-refractivity contribution is 7.99. The molecule has 0 saturated heterocycles. The fourth-order valence-electron chi connectivity index (χ4n) is 3.30. The minimum absolute atomic E-state index is 0.581. The van der Waals surface area contributed by atoms with Crippen LogP contribution in [0.25, 0.3) is 0 Å². The van der Waals surface area contributed by atoms with Crippen LogP contribution in [-0.2, 0) is 13.2 Å². The maximum Gasteiger partial charge on any atom is 0.122 e. The molecule has 0 aliphatic rings. The van der Waals surface area contributed by atoms with Gasteiger partial charge in [0, 0.05) is 9.79 Å². The van der Waals surface area contributed by atoms with Crippen molar-refractivity contribution in [2.24, 2.45) is 0 Å². The summed E-state index contributed by atoms with van der Waals surface area (Å²) in [6.45, 7) is 5.35. The standard InChI is InChI=1S/C28H26O2S/c1-21-17-25(13-15-27(21)29-19-23-9-5-3-6-10-23)31-26-14-16-28(22(2)18-26)30-20-24-11-7-4-8-12-24/h3-18H,19-20H2,1-2H3. The van der Waals surface area contributed by atoms with Gasteiger partial charge in [-0.05, 0) is 72.5 Å². The van der Waals surface area contributed by atoms with Crippen molar-refractivity contribution in [2.45, 2.75) is 36.9 Å². The maximum atomic E-state index is 6.00. The summed E-state index contributed by atoms with van der Waals surface area (Å²) in [7, 11) is 0. The van der Waals surface area contributed by atoms with Gasteiger partial charge in [-0.1, -0.05) is 72.4 Å². The molecule has 0 atom stereocenters.